The van der Waals surface area contributed by atoms with Crippen molar-refractivity contribution in [3.8, 4) is 11.5 Å². The van der Waals surface area contributed by atoms with Crippen molar-refractivity contribution in [3.05, 3.63) is 23.3 Å². The average Bonchev–Trinajstić information content (AvgIpc) is 3.38. The summed E-state index contributed by atoms with van der Waals surface area (Å²) in [6, 6.07) is 5.13. The standard InChI is InChI=1S/C21H27NO3/c1-11(12-2-3-12)22-9-8-21-14-5-7-17(24)20(21)25-19-16(23)6-4-13(18(19)21)10-15(14)22/h4,6,11-12,14-15,17,20,23-24H,2-3,5,7-10H2,1H3/t11-,14?,15-,17?,20+,21+/m1/s1. The number of aromatic hydroxyl groups is 1. The highest BCUT2D eigenvalue weighted by molar-refractivity contribution is 5.60. The number of hydrogen-bond donors (Lipinski definition) is 2. The molecule has 0 amide bonds. The summed E-state index contributed by atoms with van der Waals surface area (Å²) < 4.78 is 6.26. The van der Waals surface area contributed by atoms with Gasteiger partial charge in [0.05, 0.1) is 6.10 Å². The van der Waals surface area contributed by atoms with Gasteiger partial charge in [0.2, 0.25) is 0 Å². The summed E-state index contributed by atoms with van der Waals surface area (Å²) in [5.41, 5.74) is 2.51. The van der Waals surface area contributed by atoms with Gasteiger partial charge in [-0.1, -0.05) is 6.07 Å². The molecule has 2 aliphatic heterocycles. The molecule has 0 radical (unpaired) electrons. The molecule has 2 saturated carbocycles. The maximum Gasteiger partial charge on any atom is 0.165 e. The van der Waals surface area contributed by atoms with Crippen LogP contribution in [0.5, 0.6) is 11.5 Å². The lowest BCUT2D eigenvalue weighted by atomic mass is 9.51. The third-order valence-electron chi connectivity index (χ3n) is 8.16. The highest BCUT2D eigenvalue weighted by atomic mass is 16.5. The minimum atomic E-state index is -0.415. The Kier molecular flexibility index (Phi) is 2.80. The van der Waals surface area contributed by atoms with Crippen molar-refractivity contribution < 1.29 is 14.9 Å². The minimum absolute atomic E-state index is 0.0796. The van der Waals surface area contributed by atoms with E-state index in [1.165, 1.54) is 24.0 Å². The van der Waals surface area contributed by atoms with Crippen LogP contribution in [0.25, 0.3) is 0 Å². The molecule has 2 bridgehead atoms. The fourth-order valence-corrected chi connectivity index (χ4v) is 6.90. The molecule has 4 nitrogen and oxygen atoms in total. The van der Waals surface area contributed by atoms with E-state index in [4.69, 9.17) is 4.74 Å². The first kappa shape index (κ1) is 14.9. The van der Waals surface area contributed by atoms with Gasteiger partial charge in [-0.25, -0.2) is 0 Å². The number of likely N-dealkylation sites (tertiary alicyclic amines) is 1. The molecular weight excluding hydrogens is 314 g/mol. The monoisotopic (exact) mass is 341 g/mol. The number of rotatable bonds is 2. The first-order valence-corrected chi connectivity index (χ1v) is 10.1. The van der Waals surface area contributed by atoms with Crippen LogP contribution in [0.15, 0.2) is 12.1 Å². The molecule has 2 unspecified atom stereocenters. The number of ether oxygens (including phenoxy) is 1. The number of phenols is 1. The lowest BCUT2D eigenvalue weighted by molar-refractivity contribution is -0.112. The molecule has 5 aliphatic rings. The zero-order valence-electron chi connectivity index (χ0n) is 14.8. The summed E-state index contributed by atoms with van der Waals surface area (Å²) in [5, 5.41) is 21.1. The van der Waals surface area contributed by atoms with Crippen LogP contribution in [-0.4, -0.2) is 45.9 Å². The van der Waals surface area contributed by atoms with Gasteiger partial charge in [0.1, 0.15) is 6.10 Å². The van der Waals surface area contributed by atoms with E-state index in [-0.39, 0.29) is 17.3 Å². The van der Waals surface area contributed by atoms with Gasteiger partial charge >= 0.3 is 0 Å². The molecule has 6 atom stereocenters. The molecule has 25 heavy (non-hydrogen) atoms. The van der Waals surface area contributed by atoms with E-state index in [0.717, 1.165) is 38.1 Å². The molecule has 3 fully saturated rings. The third-order valence-corrected chi connectivity index (χ3v) is 8.16. The fraction of sp³-hybridized carbons (Fsp3) is 0.714. The van der Waals surface area contributed by atoms with Crippen molar-refractivity contribution in [2.75, 3.05) is 6.54 Å². The molecule has 1 aromatic rings. The van der Waals surface area contributed by atoms with Gasteiger partial charge in [0.25, 0.3) is 0 Å². The lowest BCUT2D eigenvalue weighted by Crippen LogP contribution is -2.68. The average molecular weight is 341 g/mol. The van der Waals surface area contributed by atoms with Gasteiger partial charge < -0.3 is 14.9 Å². The van der Waals surface area contributed by atoms with Crippen LogP contribution >= 0.6 is 0 Å². The second-order valence-electron chi connectivity index (χ2n) is 9.12. The molecular formula is C21H27NO3. The Balaban J connectivity index is 1.52. The van der Waals surface area contributed by atoms with E-state index < -0.39 is 6.10 Å². The summed E-state index contributed by atoms with van der Waals surface area (Å²) >= 11 is 0. The number of hydrogen-bond acceptors (Lipinski definition) is 4. The van der Waals surface area contributed by atoms with Crippen LogP contribution < -0.4 is 4.74 Å². The second-order valence-corrected chi connectivity index (χ2v) is 9.12. The SMILES string of the molecule is C[C@H](C1CC1)N1CC[C@]23c4c5ccc(O)c4O[C@H]2C(O)CCC3[C@H]1C5. The summed E-state index contributed by atoms with van der Waals surface area (Å²) in [7, 11) is 0. The van der Waals surface area contributed by atoms with Gasteiger partial charge in [-0.3, -0.25) is 4.90 Å². The fourth-order valence-electron chi connectivity index (χ4n) is 6.90. The molecule has 2 heterocycles. The summed E-state index contributed by atoms with van der Waals surface area (Å²) in [5.74, 6) is 2.36. The van der Waals surface area contributed by atoms with Crippen LogP contribution in [0.2, 0.25) is 0 Å². The number of nitrogens with zero attached hydrogens (tertiary/aromatic N) is 1. The Morgan fingerprint density at radius 2 is 2.08 bits per heavy atom. The van der Waals surface area contributed by atoms with Crippen molar-refractivity contribution in [2.24, 2.45) is 11.8 Å². The first-order chi connectivity index (χ1) is 12.1. The van der Waals surface area contributed by atoms with Gasteiger partial charge in [-0.05, 0) is 75.5 Å². The van der Waals surface area contributed by atoms with E-state index in [0.29, 0.717) is 23.8 Å². The lowest BCUT2D eigenvalue weighted by Gasteiger charge is -2.60. The smallest absolute Gasteiger partial charge is 0.165 e. The number of phenolic OH excluding ortho intramolecular Hbond substituents is 1. The van der Waals surface area contributed by atoms with E-state index in [1.807, 2.05) is 0 Å². The van der Waals surface area contributed by atoms with Crippen LogP contribution in [-0.2, 0) is 11.8 Å². The van der Waals surface area contributed by atoms with Crippen LogP contribution in [0, 0.1) is 11.8 Å². The molecule has 3 aliphatic carbocycles. The Labute approximate surface area is 148 Å². The zero-order chi connectivity index (χ0) is 16.9. The number of benzene rings is 1. The van der Waals surface area contributed by atoms with Gasteiger partial charge in [-0.2, -0.15) is 0 Å². The van der Waals surface area contributed by atoms with Crippen LogP contribution in [0.4, 0.5) is 0 Å². The quantitative estimate of drug-likeness (QED) is 0.868. The number of aliphatic hydroxyl groups excluding tert-OH is 1. The maximum absolute atomic E-state index is 10.7. The van der Waals surface area contributed by atoms with Crippen molar-refractivity contribution in [3.63, 3.8) is 0 Å². The minimum Gasteiger partial charge on any atom is -0.504 e. The van der Waals surface area contributed by atoms with E-state index in [2.05, 4.69) is 17.9 Å². The van der Waals surface area contributed by atoms with Crippen LogP contribution in [0.3, 0.4) is 0 Å². The van der Waals surface area contributed by atoms with Crippen molar-refractivity contribution in [2.45, 2.75) is 75.2 Å². The second kappa shape index (κ2) is 4.72. The molecule has 134 valence electrons. The van der Waals surface area contributed by atoms with E-state index in [1.54, 1.807) is 6.07 Å². The van der Waals surface area contributed by atoms with Gasteiger partial charge in [0, 0.05) is 23.1 Å². The predicted molar refractivity (Wildman–Crippen MR) is 93.9 cm³/mol. The van der Waals surface area contributed by atoms with Crippen molar-refractivity contribution >= 4 is 0 Å². The summed E-state index contributed by atoms with van der Waals surface area (Å²) in [4.78, 5) is 2.79. The first-order valence-electron chi connectivity index (χ1n) is 10.1. The Bertz CT molecular complexity index is 745. The molecule has 6 rings (SSSR count). The van der Waals surface area contributed by atoms with Gasteiger partial charge in [0.15, 0.2) is 11.5 Å². The van der Waals surface area contributed by atoms with Crippen molar-refractivity contribution in [1.82, 2.24) is 4.90 Å². The Morgan fingerprint density at radius 1 is 1.24 bits per heavy atom. The van der Waals surface area contributed by atoms with E-state index >= 15 is 0 Å². The molecule has 1 aromatic carbocycles. The third kappa shape index (κ3) is 1.71. The van der Waals surface area contributed by atoms with E-state index in [9.17, 15) is 10.2 Å². The maximum atomic E-state index is 10.7. The largest absolute Gasteiger partial charge is 0.504 e. The molecule has 1 saturated heterocycles. The Morgan fingerprint density at radius 3 is 2.88 bits per heavy atom. The van der Waals surface area contributed by atoms with Gasteiger partial charge in [-0.15, -0.1) is 0 Å². The number of aliphatic hydroxyl groups is 1. The summed E-state index contributed by atoms with van der Waals surface area (Å²) in [6.45, 7) is 3.52. The molecule has 1 spiro atoms. The molecule has 4 heteroatoms. The molecule has 2 N–H and O–H groups in total. The van der Waals surface area contributed by atoms with Crippen LogP contribution in [0.1, 0.15) is 50.2 Å². The number of piperidine rings is 1. The highest BCUT2D eigenvalue weighted by Gasteiger charge is 2.66. The predicted octanol–water partition coefficient (Wildman–Crippen LogP) is 2.59. The Hall–Kier alpha value is -1.26. The highest BCUT2D eigenvalue weighted by Crippen LogP contribution is 2.64. The zero-order valence-corrected chi connectivity index (χ0v) is 14.8. The normalized spacial score (nSPS) is 42.6. The van der Waals surface area contributed by atoms with Crippen molar-refractivity contribution in [1.29, 1.82) is 0 Å². The summed E-state index contributed by atoms with van der Waals surface area (Å²) in [6.07, 6.45) is 6.21. The topological polar surface area (TPSA) is 52.9 Å². The molecule has 0 aromatic heterocycles.